The fourth-order valence-electron chi connectivity index (χ4n) is 2.41. The molecule has 1 aliphatic rings. The maximum atomic E-state index is 12.1. The number of ether oxygens (including phenoxy) is 1. The van der Waals surface area contributed by atoms with Crippen LogP contribution < -0.4 is 11.1 Å². The monoisotopic (exact) mass is 330 g/mol. The first-order chi connectivity index (χ1) is 11.0. The van der Waals surface area contributed by atoms with Crippen molar-refractivity contribution in [3.05, 3.63) is 57.8 Å². The zero-order chi connectivity index (χ0) is 16.4. The number of primary amides is 1. The molecule has 1 aromatic heterocycles. The Morgan fingerprint density at radius 3 is 2.65 bits per heavy atom. The van der Waals surface area contributed by atoms with Gasteiger partial charge in [0.05, 0.1) is 11.6 Å². The van der Waals surface area contributed by atoms with E-state index >= 15 is 0 Å². The number of rotatable bonds is 4. The van der Waals surface area contributed by atoms with Gasteiger partial charge in [-0.15, -0.1) is 11.3 Å². The van der Waals surface area contributed by atoms with Crippen molar-refractivity contribution in [3.8, 4) is 0 Å². The minimum atomic E-state index is -0.841. The van der Waals surface area contributed by atoms with Crippen molar-refractivity contribution in [1.29, 1.82) is 0 Å². The summed E-state index contributed by atoms with van der Waals surface area (Å²) in [5.41, 5.74) is 6.36. The zero-order valence-electron chi connectivity index (χ0n) is 12.0. The highest BCUT2D eigenvalue weighted by Crippen LogP contribution is 2.27. The van der Waals surface area contributed by atoms with E-state index in [1.165, 1.54) is 11.4 Å². The molecule has 0 bridgehead atoms. The molecule has 2 heterocycles. The molecule has 0 saturated carbocycles. The molecule has 1 fully saturated rings. The lowest BCUT2D eigenvalue weighted by Gasteiger charge is -2.10. The molecule has 0 spiro atoms. The summed E-state index contributed by atoms with van der Waals surface area (Å²) in [7, 11) is 0. The minimum Gasteiger partial charge on any atom is -0.448 e. The van der Waals surface area contributed by atoms with Crippen LogP contribution in [0.2, 0.25) is 0 Å². The summed E-state index contributed by atoms with van der Waals surface area (Å²) >= 11 is 1.06. The van der Waals surface area contributed by atoms with Crippen molar-refractivity contribution < 1.29 is 19.1 Å². The molecule has 3 rings (SSSR count). The number of nitrogens with one attached hydrogen (secondary N) is 1. The Bertz CT molecular complexity index is 756. The van der Waals surface area contributed by atoms with Crippen molar-refractivity contribution in [2.45, 2.75) is 18.6 Å². The third-order valence-corrected chi connectivity index (χ3v) is 4.51. The Hall–Kier alpha value is -2.67. The van der Waals surface area contributed by atoms with E-state index in [0.717, 1.165) is 16.9 Å². The highest BCUT2D eigenvalue weighted by atomic mass is 32.1. The lowest BCUT2D eigenvalue weighted by molar-refractivity contribution is -0.126. The van der Waals surface area contributed by atoms with Gasteiger partial charge in [0.2, 0.25) is 5.91 Å². The second kappa shape index (κ2) is 6.21. The van der Waals surface area contributed by atoms with E-state index in [0.29, 0.717) is 6.42 Å². The molecule has 23 heavy (non-hydrogen) atoms. The van der Waals surface area contributed by atoms with Crippen molar-refractivity contribution in [3.63, 3.8) is 0 Å². The molecule has 0 radical (unpaired) electrons. The Morgan fingerprint density at radius 2 is 2.00 bits per heavy atom. The third-order valence-electron chi connectivity index (χ3n) is 3.60. The summed E-state index contributed by atoms with van der Waals surface area (Å²) in [4.78, 5) is 35.4. The van der Waals surface area contributed by atoms with E-state index in [9.17, 15) is 14.4 Å². The van der Waals surface area contributed by atoms with Crippen LogP contribution in [0, 0.1) is 0 Å². The Balaban J connectivity index is 1.67. The molecule has 1 aliphatic heterocycles. The normalized spacial score (nSPS) is 20.1. The lowest BCUT2D eigenvalue weighted by atomic mass is 10.1. The Labute approximate surface area is 136 Å². The van der Waals surface area contributed by atoms with Gasteiger partial charge in [-0.25, -0.2) is 4.79 Å². The number of benzene rings is 1. The average Bonchev–Trinajstić information content (AvgIpc) is 3.16. The molecule has 1 aromatic carbocycles. The number of amides is 2. The van der Waals surface area contributed by atoms with Crippen LogP contribution in [0.15, 0.2) is 41.8 Å². The van der Waals surface area contributed by atoms with Gasteiger partial charge in [0.15, 0.2) is 6.10 Å². The van der Waals surface area contributed by atoms with Crippen LogP contribution in [0.5, 0.6) is 0 Å². The molecule has 2 amide bonds. The Morgan fingerprint density at radius 1 is 1.26 bits per heavy atom. The van der Waals surface area contributed by atoms with Gasteiger partial charge in [0.1, 0.15) is 4.88 Å². The number of thiophene rings is 1. The van der Waals surface area contributed by atoms with Gasteiger partial charge in [-0.1, -0.05) is 30.3 Å². The Kier molecular flexibility index (Phi) is 4.12. The van der Waals surface area contributed by atoms with Crippen LogP contribution >= 0.6 is 11.3 Å². The first kappa shape index (κ1) is 15.2. The molecule has 3 N–H and O–H groups in total. The third kappa shape index (κ3) is 3.24. The minimum absolute atomic E-state index is 0.175. The highest BCUT2D eigenvalue weighted by Gasteiger charge is 2.36. The molecule has 1 saturated heterocycles. The van der Waals surface area contributed by atoms with Gasteiger partial charge in [-0.05, 0) is 11.6 Å². The van der Waals surface area contributed by atoms with Crippen molar-refractivity contribution in [2.24, 2.45) is 5.73 Å². The summed E-state index contributed by atoms with van der Waals surface area (Å²) in [6, 6.07) is 10.7. The molecule has 0 aliphatic carbocycles. The number of hydrogen-bond donors (Lipinski definition) is 2. The largest absolute Gasteiger partial charge is 0.448 e. The van der Waals surface area contributed by atoms with Crippen LogP contribution in [0.1, 0.15) is 38.1 Å². The van der Waals surface area contributed by atoms with Gasteiger partial charge in [-0.3, -0.25) is 9.59 Å². The summed E-state index contributed by atoms with van der Waals surface area (Å²) in [6.07, 6.45) is -0.463. The second-order valence-electron chi connectivity index (χ2n) is 5.17. The number of carbonyl (C=O) groups is 3. The van der Waals surface area contributed by atoms with E-state index in [2.05, 4.69) is 5.32 Å². The van der Waals surface area contributed by atoms with E-state index < -0.39 is 18.0 Å². The van der Waals surface area contributed by atoms with Gasteiger partial charge < -0.3 is 15.8 Å². The number of nitrogens with two attached hydrogens (primary N) is 1. The summed E-state index contributed by atoms with van der Waals surface area (Å²) < 4.78 is 5.26. The van der Waals surface area contributed by atoms with E-state index in [1.807, 2.05) is 30.3 Å². The molecule has 2 aromatic rings. The second-order valence-corrected chi connectivity index (χ2v) is 6.08. The van der Waals surface area contributed by atoms with Crippen molar-refractivity contribution >= 4 is 29.1 Å². The van der Waals surface area contributed by atoms with Gasteiger partial charge in [-0.2, -0.15) is 0 Å². The first-order valence-corrected chi connectivity index (χ1v) is 7.87. The smallest absolute Gasteiger partial charge is 0.349 e. The molecular weight excluding hydrogens is 316 g/mol. The zero-order valence-corrected chi connectivity index (χ0v) is 12.8. The van der Waals surface area contributed by atoms with E-state index in [-0.39, 0.29) is 22.4 Å². The first-order valence-electron chi connectivity index (χ1n) is 6.99. The topological polar surface area (TPSA) is 98.5 Å². The maximum Gasteiger partial charge on any atom is 0.349 e. The van der Waals surface area contributed by atoms with E-state index in [4.69, 9.17) is 10.5 Å². The molecule has 7 heteroatoms. The predicted octanol–water partition coefficient (Wildman–Crippen LogP) is 1.63. The van der Waals surface area contributed by atoms with Gasteiger partial charge >= 0.3 is 5.97 Å². The van der Waals surface area contributed by atoms with E-state index in [1.54, 1.807) is 0 Å². The summed E-state index contributed by atoms with van der Waals surface area (Å²) in [5.74, 6) is -1.56. The molecule has 6 nitrogen and oxygen atoms in total. The average molecular weight is 330 g/mol. The molecule has 2 unspecified atom stereocenters. The SMILES string of the molecule is NC(=O)c1csc(C(=O)OC2CC(c3ccccc3)NC2=O)c1. The maximum absolute atomic E-state index is 12.1. The van der Waals surface area contributed by atoms with Crippen LogP contribution in [0.4, 0.5) is 0 Å². The molecular formula is C16H14N2O4S. The van der Waals surface area contributed by atoms with Crippen LogP contribution in [0.3, 0.4) is 0 Å². The standard InChI is InChI=1S/C16H14N2O4S/c17-14(19)10-6-13(23-8-10)16(21)22-12-7-11(18-15(12)20)9-4-2-1-3-5-9/h1-6,8,11-12H,7H2,(H2,17,19)(H,18,20). The fourth-order valence-corrected chi connectivity index (χ4v) is 3.19. The number of esters is 1. The van der Waals surface area contributed by atoms with Gasteiger partial charge in [0, 0.05) is 11.8 Å². The number of carbonyl (C=O) groups excluding carboxylic acids is 3. The highest BCUT2D eigenvalue weighted by molar-refractivity contribution is 7.12. The van der Waals surface area contributed by atoms with Gasteiger partial charge in [0.25, 0.3) is 5.91 Å². The van der Waals surface area contributed by atoms with Crippen LogP contribution in [0.25, 0.3) is 0 Å². The van der Waals surface area contributed by atoms with Crippen molar-refractivity contribution in [2.75, 3.05) is 0 Å². The number of hydrogen-bond acceptors (Lipinski definition) is 5. The quantitative estimate of drug-likeness (QED) is 0.832. The summed E-state index contributed by atoms with van der Waals surface area (Å²) in [5, 5.41) is 4.30. The molecule has 118 valence electrons. The predicted molar refractivity (Wildman–Crippen MR) is 84.0 cm³/mol. The van der Waals surface area contributed by atoms with Crippen LogP contribution in [-0.4, -0.2) is 23.9 Å². The van der Waals surface area contributed by atoms with Crippen molar-refractivity contribution in [1.82, 2.24) is 5.32 Å². The fraction of sp³-hybridized carbons (Fsp3) is 0.188. The van der Waals surface area contributed by atoms with Crippen LogP contribution in [-0.2, 0) is 9.53 Å². The molecule has 2 atom stereocenters. The lowest BCUT2D eigenvalue weighted by Crippen LogP contribution is -2.28. The summed E-state index contributed by atoms with van der Waals surface area (Å²) in [6.45, 7) is 0.